The van der Waals surface area contributed by atoms with Crippen LogP contribution in [0.3, 0.4) is 0 Å². The first kappa shape index (κ1) is 28.9. The van der Waals surface area contributed by atoms with Crippen molar-refractivity contribution >= 4 is 54.3 Å². The third kappa shape index (κ3) is 4.04. The standard InChI is InChI=1S/C43H30O6/c1-43(48)38(39(44)40(45)41(46)42(43)47)37-30-15-6-4-13-28(30)36(29-14-5-7-16-31(29)37)32-20-19-24(25-10-2-3-11-26(25)32)23-18-21-35-33(22-23)27-12-8-9-17-34(27)49-35/h2-22,38,44-48H,1H3. The normalized spacial score (nSPS) is 18.4. The van der Waals surface area contributed by atoms with Gasteiger partial charge in [0.1, 0.15) is 22.5 Å². The first-order chi connectivity index (χ1) is 23.8. The summed E-state index contributed by atoms with van der Waals surface area (Å²) in [7, 11) is 0. The van der Waals surface area contributed by atoms with Gasteiger partial charge in [-0.05, 0) is 85.3 Å². The van der Waals surface area contributed by atoms with E-state index in [1.165, 1.54) is 6.92 Å². The number of aliphatic hydroxyl groups is 5. The Kier molecular flexibility index (Phi) is 6.13. The van der Waals surface area contributed by atoms with Crippen molar-refractivity contribution in [2.75, 3.05) is 0 Å². The molecule has 0 amide bonds. The summed E-state index contributed by atoms with van der Waals surface area (Å²) in [4.78, 5) is 0. The van der Waals surface area contributed by atoms with Crippen LogP contribution in [0.1, 0.15) is 18.4 Å². The molecule has 2 atom stereocenters. The number of hydrogen-bond donors (Lipinski definition) is 5. The van der Waals surface area contributed by atoms with Crippen LogP contribution in [0.25, 0.3) is 76.5 Å². The molecular weight excluding hydrogens is 612 g/mol. The fraction of sp³-hybridized carbons (Fsp3) is 0.0698. The molecule has 1 aliphatic carbocycles. The summed E-state index contributed by atoms with van der Waals surface area (Å²) in [6, 6.07) is 42.5. The van der Waals surface area contributed by atoms with Crippen molar-refractivity contribution in [1.29, 1.82) is 0 Å². The molecule has 0 radical (unpaired) electrons. The van der Waals surface area contributed by atoms with E-state index >= 15 is 0 Å². The summed E-state index contributed by atoms with van der Waals surface area (Å²) in [6.45, 7) is 1.32. The summed E-state index contributed by atoms with van der Waals surface area (Å²) in [5, 5.41) is 62.1. The van der Waals surface area contributed by atoms with E-state index in [1.807, 2.05) is 84.9 Å². The minimum absolute atomic E-state index is 0.518. The Morgan fingerprint density at radius 3 is 1.67 bits per heavy atom. The van der Waals surface area contributed by atoms with Crippen LogP contribution in [0.4, 0.5) is 0 Å². The Bertz CT molecular complexity index is 2690. The van der Waals surface area contributed by atoms with Crippen molar-refractivity contribution in [3.63, 3.8) is 0 Å². The lowest BCUT2D eigenvalue weighted by molar-refractivity contribution is 0.00753. The number of furan rings is 1. The molecule has 238 valence electrons. The SMILES string of the molecule is CC1(O)C(O)=C(O)C(O)=C(O)C1c1c2ccccc2c(-c2ccc(-c3ccc4oc5ccccc5c4c3)c3ccccc23)c2ccccc12. The highest BCUT2D eigenvalue weighted by Crippen LogP contribution is 2.51. The quantitative estimate of drug-likeness (QED) is 0.123. The topological polar surface area (TPSA) is 114 Å². The number of para-hydroxylation sites is 1. The maximum Gasteiger partial charge on any atom is 0.202 e. The number of fused-ring (bicyclic) bond motifs is 6. The van der Waals surface area contributed by atoms with Crippen LogP contribution in [-0.4, -0.2) is 31.1 Å². The third-order valence-electron chi connectivity index (χ3n) is 10.1. The molecule has 8 aromatic rings. The van der Waals surface area contributed by atoms with Gasteiger partial charge in [0, 0.05) is 10.8 Å². The minimum atomic E-state index is -2.12. The summed E-state index contributed by atoms with van der Waals surface area (Å²) >= 11 is 0. The van der Waals surface area contributed by atoms with Crippen LogP contribution in [0.2, 0.25) is 0 Å². The average molecular weight is 643 g/mol. The Morgan fingerprint density at radius 2 is 1.02 bits per heavy atom. The van der Waals surface area contributed by atoms with Gasteiger partial charge in [0.25, 0.3) is 0 Å². The van der Waals surface area contributed by atoms with Gasteiger partial charge in [-0.3, -0.25) is 0 Å². The van der Waals surface area contributed by atoms with Crippen molar-refractivity contribution in [2.24, 2.45) is 0 Å². The molecule has 7 aromatic carbocycles. The largest absolute Gasteiger partial charge is 0.508 e. The number of hydrogen-bond acceptors (Lipinski definition) is 6. The van der Waals surface area contributed by atoms with Gasteiger partial charge in [-0.25, -0.2) is 0 Å². The second kappa shape index (κ2) is 10.4. The molecule has 0 fully saturated rings. The lowest BCUT2D eigenvalue weighted by atomic mass is 9.72. The second-order valence-electron chi connectivity index (χ2n) is 12.9. The Hall–Kier alpha value is -6.24. The lowest BCUT2D eigenvalue weighted by Gasteiger charge is -2.37. The number of aliphatic hydroxyl groups excluding tert-OH is 4. The van der Waals surface area contributed by atoms with Gasteiger partial charge in [0.05, 0.1) is 5.92 Å². The maximum absolute atomic E-state index is 11.6. The molecule has 0 spiro atoms. The molecule has 49 heavy (non-hydrogen) atoms. The van der Waals surface area contributed by atoms with Gasteiger partial charge in [-0.2, -0.15) is 0 Å². The summed E-state index contributed by atoms with van der Waals surface area (Å²) in [5.41, 5.74) is 4.23. The van der Waals surface area contributed by atoms with Crippen LogP contribution in [0, 0.1) is 0 Å². The predicted molar refractivity (Wildman–Crippen MR) is 195 cm³/mol. The summed E-state index contributed by atoms with van der Waals surface area (Å²) in [5.74, 6) is -4.53. The molecule has 1 heterocycles. The highest BCUT2D eigenvalue weighted by atomic mass is 16.4. The first-order valence-electron chi connectivity index (χ1n) is 16.1. The number of benzene rings is 7. The van der Waals surface area contributed by atoms with Gasteiger partial charge in [0.2, 0.25) is 5.76 Å². The van der Waals surface area contributed by atoms with Crippen molar-refractivity contribution < 1.29 is 29.9 Å². The zero-order valence-electron chi connectivity index (χ0n) is 26.3. The van der Waals surface area contributed by atoms with Gasteiger partial charge in [0.15, 0.2) is 11.5 Å². The Labute approximate surface area is 280 Å². The smallest absolute Gasteiger partial charge is 0.202 e. The van der Waals surface area contributed by atoms with Crippen molar-refractivity contribution in [1.82, 2.24) is 0 Å². The molecule has 6 heteroatoms. The predicted octanol–water partition coefficient (Wildman–Crippen LogP) is 10.9. The fourth-order valence-corrected chi connectivity index (χ4v) is 7.86. The molecule has 2 unspecified atom stereocenters. The summed E-state index contributed by atoms with van der Waals surface area (Å²) < 4.78 is 6.10. The summed E-state index contributed by atoms with van der Waals surface area (Å²) in [6.07, 6.45) is 0. The van der Waals surface area contributed by atoms with E-state index in [2.05, 4.69) is 42.5 Å². The van der Waals surface area contributed by atoms with Crippen molar-refractivity contribution in [2.45, 2.75) is 18.4 Å². The second-order valence-corrected chi connectivity index (χ2v) is 12.9. The van der Waals surface area contributed by atoms with Crippen LogP contribution in [0.5, 0.6) is 0 Å². The monoisotopic (exact) mass is 642 g/mol. The highest BCUT2D eigenvalue weighted by Gasteiger charge is 2.49. The third-order valence-corrected chi connectivity index (χ3v) is 10.1. The van der Waals surface area contributed by atoms with E-state index in [0.717, 1.165) is 76.5 Å². The molecule has 0 saturated heterocycles. The van der Waals surface area contributed by atoms with E-state index in [0.29, 0.717) is 5.56 Å². The fourth-order valence-electron chi connectivity index (χ4n) is 7.86. The lowest BCUT2D eigenvalue weighted by Crippen LogP contribution is -2.40. The Balaban J connectivity index is 1.33. The van der Waals surface area contributed by atoms with Crippen LogP contribution >= 0.6 is 0 Å². The number of rotatable bonds is 3. The van der Waals surface area contributed by atoms with Crippen molar-refractivity contribution in [3.05, 3.63) is 156 Å². The van der Waals surface area contributed by atoms with Gasteiger partial charge < -0.3 is 29.9 Å². The molecule has 0 bridgehead atoms. The maximum atomic E-state index is 11.6. The first-order valence-corrected chi connectivity index (χ1v) is 16.1. The van der Waals surface area contributed by atoms with E-state index in [9.17, 15) is 25.5 Å². The van der Waals surface area contributed by atoms with E-state index in [4.69, 9.17) is 4.42 Å². The van der Waals surface area contributed by atoms with E-state index in [1.54, 1.807) is 0 Å². The molecule has 0 aliphatic heterocycles. The minimum Gasteiger partial charge on any atom is -0.508 e. The van der Waals surface area contributed by atoms with Crippen LogP contribution in [0.15, 0.2) is 155 Å². The molecule has 1 aromatic heterocycles. The average Bonchev–Trinajstić information content (AvgIpc) is 3.51. The molecule has 5 N–H and O–H groups in total. The van der Waals surface area contributed by atoms with Crippen molar-refractivity contribution in [3.8, 4) is 22.3 Å². The van der Waals surface area contributed by atoms with Gasteiger partial charge in [-0.15, -0.1) is 0 Å². The van der Waals surface area contributed by atoms with E-state index in [-0.39, 0.29) is 0 Å². The zero-order valence-corrected chi connectivity index (χ0v) is 26.3. The van der Waals surface area contributed by atoms with Crippen LogP contribution in [-0.2, 0) is 0 Å². The molecule has 9 rings (SSSR count). The Morgan fingerprint density at radius 1 is 0.510 bits per heavy atom. The van der Waals surface area contributed by atoms with Crippen LogP contribution < -0.4 is 0 Å². The van der Waals surface area contributed by atoms with E-state index < -0.39 is 34.6 Å². The molecular formula is C43H30O6. The van der Waals surface area contributed by atoms with Gasteiger partial charge >= 0.3 is 0 Å². The molecule has 0 saturated carbocycles. The molecule has 1 aliphatic rings. The van der Waals surface area contributed by atoms with Gasteiger partial charge in [-0.1, -0.05) is 109 Å². The highest BCUT2D eigenvalue weighted by molar-refractivity contribution is 6.20. The zero-order chi connectivity index (χ0) is 33.6. The molecule has 6 nitrogen and oxygen atoms in total.